The fourth-order valence-corrected chi connectivity index (χ4v) is 3.89. The summed E-state index contributed by atoms with van der Waals surface area (Å²) in [5, 5.41) is 10.8. The van der Waals surface area contributed by atoms with Crippen LogP contribution in [0.25, 0.3) is 6.08 Å². The van der Waals surface area contributed by atoms with Crippen LogP contribution in [0.15, 0.2) is 65.9 Å². The quantitative estimate of drug-likeness (QED) is 0.389. The van der Waals surface area contributed by atoms with E-state index in [-0.39, 0.29) is 11.7 Å². The second-order valence-corrected chi connectivity index (χ2v) is 8.15. The molecule has 0 aromatic heterocycles. The Hall–Kier alpha value is -3.58. The molecule has 2 aromatic rings. The minimum absolute atomic E-state index is 0.00788. The average molecular weight is 466 g/mol. The third kappa shape index (κ3) is 5.66. The van der Waals surface area contributed by atoms with Crippen LogP contribution in [0.4, 0.5) is 0 Å². The van der Waals surface area contributed by atoms with Crippen LogP contribution in [0.5, 0.6) is 11.5 Å². The molecule has 1 atom stereocenters. The Labute approximate surface area is 200 Å². The van der Waals surface area contributed by atoms with Gasteiger partial charge in [0.25, 0.3) is 5.91 Å². The topological polar surface area (TPSA) is 85.3 Å². The maximum Gasteiger partial charge on any atom is 0.290 e. The molecule has 3 rings (SSSR count). The van der Waals surface area contributed by atoms with E-state index >= 15 is 0 Å². The molecule has 34 heavy (non-hydrogen) atoms. The summed E-state index contributed by atoms with van der Waals surface area (Å²) in [5.74, 6) is -0.581. The molecule has 0 spiro atoms. The van der Waals surface area contributed by atoms with E-state index in [1.807, 2.05) is 44.2 Å². The monoisotopic (exact) mass is 465 g/mol. The SMILES string of the molecule is COc1ccc(OC)c([C@@H]2C(C(=O)/C=C/c3ccccc3)=C(O)C(=O)N2CCCOC(C)C)c1. The number of carbonyl (C=O) groups is 2. The van der Waals surface area contributed by atoms with Gasteiger partial charge in [0.2, 0.25) is 0 Å². The van der Waals surface area contributed by atoms with E-state index in [4.69, 9.17) is 14.2 Å². The highest BCUT2D eigenvalue weighted by atomic mass is 16.5. The first-order valence-electron chi connectivity index (χ1n) is 11.2. The highest BCUT2D eigenvalue weighted by molar-refractivity contribution is 6.14. The number of ketones is 1. The molecule has 7 heteroatoms. The molecule has 1 heterocycles. The zero-order chi connectivity index (χ0) is 24.7. The minimum Gasteiger partial charge on any atom is -0.503 e. The lowest BCUT2D eigenvalue weighted by molar-refractivity contribution is -0.129. The normalized spacial score (nSPS) is 16.1. The van der Waals surface area contributed by atoms with Gasteiger partial charge in [-0.2, -0.15) is 0 Å². The second kappa shape index (κ2) is 11.5. The van der Waals surface area contributed by atoms with Crippen molar-refractivity contribution in [3.8, 4) is 11.5 Å². The third-order valence-electron chi connectivity index (χ3n) is 5.52. The maximum absolute atomic E-state index is 13.3. The molecule has 0 fully saturated rings. The number of nitrogens with zero attached hydrogens (tertiary/aromatic N) is 1. The molecule has 180 valence electrons. The number of hydrogen-bond donors (Lipinski definition) is 1. The van der Waals surface area contributed by atoms with E-state index in [1.165, 1.54) is 25.2 Å². The smallest absolute Gasteiger partial charge is 0.290 e. The van der Waals surface area contributed by atoms with Crippen molar-refractivity contribution in [2.45, 2.75) is 32.4 Å². The number of ether oxygens (including phenoxy) is 3. The first-order valence-corrected chi connectivity index (χ1v) is 11.2. The highest BCUT2D eigenvalue weighted by Crippen LogP contribution is 2.43. The molecule has 1 N–H and O–H groups in total. The molecule has 0 saturated heterocycles. The van der Waals surface area contributed by atoms with Gasteiger partial charge < -0.3 is 24.2 Å². The van der Waals surface area contributed by atoms with E-state index in [9.17, 15) is 14.7 Å². The Morgan fingerprint density at radius 3 is 2.50 bits per heavy atom. The summed E-state index contributed by atoms with van der Waals surface area (Å²) < 4.78 is 16.5. The predicted molar refractivity (Wildman–Crippen MR) is 130 cm³/mol. The third-order valence-corrected chi connectivity index (χ3v) is 5.52. The van der Waals surface area contributed by atoms with Crippen LogP contribution >= 0.6 is 0 Å². The van der Waals surface area contributed by atoms with Gasteiger partial charge in [-0.25, -0.2) is 0 Å². The Morgan fingerprint density at radius 2 is 1.85 bits per heavy atom. The number of aliphatic hydroxyl groups is 1. The van der Waals surface area contributed by atoms with Gasteiger partial charge in [0.05, 0.1) is 31.9 Å². The van der Waals surface area contributed by atoms with Crippen LogP contribution in [0.2, 0.25) is 0 Å². The van der Waals surface area contributed by atoms with E-state index in [2.05, 4.69) is 0 Å². The van der Waals surface area contributed by atoms with Gasteiger partial charge >= 0.3 is 0 Å². The van der Waals surface area contributed by atoms with E-state index in [1.54, 1.807) is 24.3 Å². The summed E-state index contributed by atoms with van der Waals surface area (Å²) in [6, 6.07) is 13.7. The molecule has 0 bridgehead atoms. The van der Waals surface area contributed by atoms with E-state index in [0.29, 0.717) is 36.6 Å². The summed E-state index contributed by atoms with van der Waals surface area (Å²) in [4.78, 5) is 27.9. The number of hydrogen-bond acceptors (Lipinski definition) is 6. The molecule has 0 aliphatic carbocycles. The molecule has 0 saturated carbocycles. The van der Waals surface area contributed by atoms with Crippen molar-refractivity contribution in [3.05, 3.63) is 77.1 Å². The molecule has 0 radical (unpaired) electrons. The lowest BCUT2D eigenvalue weighted by Crippen LogP contribution is -2.33. The molecule has 1 aliphatic heterocycles. The second-order valence-electron chi connectivity index (χ2n) is 8.15. The molecule has 1 amide bonds. The van der Waals surface area contributed by atoms with Crippen LogP contribution < -0.4 is 9.47 Å². The molecular formula is C27H31NO6. The van der Waals surface area contributed by atoms with Gasteiger partial charge in [-0.3, -0.25) is 9.59 Å². The minimum atomic E-state index is -0.829. The van der Waals surface area contributed by atoms with Gasteiger partial charge in [0, 0.05) is 18.7 Å². The number of rotatable bonds is 11. The molecule has 2 aromatic carbocycles. The predicted octanol–water partition coefficient (Wildman–Crippen LogP) is 4.50. The van der Waals surface area contributed by atoms with Crippen LogP contribution in [-0.2, 0) is 14.3 Å². The first kappa shape index (κ1) is 25.1. The van der Waals surface area contributed by atoms with Gasteiger partial charge in [-0.15, -0.1) is 0 Å². The average Bonchev–Trinajstić information content (AvgIpc) is 3.10. The number of allylic oxidation sites excluding steroid dienone is 1. The highest BCUT2D eigenvalue weighted by Gasteiger charge is 2.44. The molecule has 0 unspecified atom stereocenters. The number of carbonyl (C=O) groups excluding carboxylic acids is 2. The van der Waals surface area contributed by atoms with Crippen LogP contribution in [0.1, 0.15) is 37.4 Å². The lowest BCUT2D eigenvalue weighted by Gasteiger charge is -2.28. The molecular weight excluding hydrogens is 434 g/mol. The van der Waals surface area contributed by atoms with Crippen molar-refractivity contribution in [2.24, 2.45) is 0 Å². The van der Waals surface area contributed by atoms with Crippen molar-refractivity contribution < 1.29 is 28.9 Å². The zero-order valence-electron chi connectivity index (χ0n) is 20.0. The van der Waals surface area contributed by atoms with Gasteiger partial charge in [0.15, 0.2) is 11.5 Å². The summed E-state index contributed by atoms with van der Waals surface area (Å²) in [7, 11) is 3.05. The lowest BCUT2D eigenvalue weighted by atomic mass is 9.94. The number of benzene rings is 2. The summed E-state index contributed by atoms with van der Waals surface area (Å²) in [6.07, 6.45) is 3.64. The fourth-order valence-electron chi connectivity index (χ4n) is 3.89. The van der Waals surface area contributed by atoms with Crippen molar-refractivity contribution in [1.29, 1.82) is 0 Å². The van der Waals surface area contributed by atoms with Crippen molar-refractivity contribution in [2.75, 3.05) is 27.4 Å². The van der Waals surface area contributed by atoms with Crippen LogP contribution in [-0.4, -0.2) is 55.2 Å². The largest absolute Gasteiger partial charge is 0.503 e. The van der Waals surface area contributed by atoms with Gasteiger partial charge in [-0.05, 0) is 50.1 Å². The van der Waals surface area contributed by atoms with E-state index in [0.717, 1.165) is 5.56 Å². The summed E-state index contributed by atoms with van der Waals surface area (Å²) >= 11 is 0. The van der Waals surface area contributed by atoms with Gasteiger partial charge in [-0.1, -0.05) is 36.4 Å². The van der Waals surface area contributed by atoms with Crippen molar-refractivity contribution in [3.63, 3.8) is 0 Å². The first-order chi connectivity index (χ1) is 16.4. The van der Waals surface area contributed by atoms with Crippen molar-refractivity contribution in [1.82, 2.24) is 4.90 Å². The summed E-state index contributed by atoms with van der Waals surface area (Å²) in [6.45, 7) is 4.61. The van der Waals surface area contributed by atoms with E-state index < -0.39 is 23.5 Å². The Kier molecular flexibility index (Phi) is 8.49. The fraction of sp³-hybridized carbons (Fsp3) is 0.333. The standard InChI is InChI=1S/C27H31NO6/c1-18(2)34-16-8-15-28-25(21-17-20(32-3)12-14-23(21)33-4)24(26(30)27(28)31)22(29)13-11-19-9-6-5-7-10-19/h5-7,9-14,17-18,25,30H,8,15-16H2,1-4H3/b13-11+/t25-/m1/s1. The maximum atomic E-state index is 13.3. The Morgan fingerprint density at radius 1 is 1.12 bits per heavy atom. The Bertz CT molecular complexity index is 1070. The molecule has 1 aliphatic rings. The van der Waals surface area contributed by atoms with Crippen molar-refractivity contribution >= 4 is 17.8 Å². The summed E-state index contributed by atoms with van der Waals surface area (Å²) in [5.41, 5.74) is 1.40. The zero-order valence-corrected chi connectivity index (χ0v) is 20.0. The number of amides is 1. The Balaban J connectivity index is 2.00. The van der Waals surface area contributed by atoms with Crippen LogP contribution in [0, 0.1) is 0 Å². The number of aliphatic hydroxyl groups excluding tert-OH is 1. The molecule has 7 nitrogen and oxygen atoms in total. The van der Waals surface area contributed by atoms with Crippen LogP contribution in [0.3, 0.4) is 0 Å². The van der Waals surface area contributed by atoms with Gasteiger partial charge in [0.1, 0.15) is 11.5 Å². The number of methoxy groups -OCH3 is 2.